The van der Waals surface area contributed by atoms with E-state index in [0.717, 1.165) is 53.8 Å². The molecule has 0 amide bonds. The fourth-order valence-electron chi connectivity index (χ4n) is 4.74. The van der Waals surface area contributed by atoms with Gasteiger partial charge in [-0.05, 0) is 70.7 Å². The highest BCUT2D eigenvalue weighted by atomic mass is 35.5. The van der Waals surface area contributed by atoms with Gasteiger partial charge in [0.1, 0.15) is 11.6 Å². The SMILES string of the molecule is Cc1ccc(S(=O)(=O)NC2CCC(Nc3nc(C)nc4c3c(C)nn4-c3ccccc3Cl)CC2)cc1. The summed E-state index contributed by atoms with van der Waals surface area (Å²) in [5.74, 6) is 1.38. The lowest BCUT2D eigenvalue weighted by atomic mass is 9.92. The molecular formula is C26H29ClN6O2S. The normalized spacial score (nSPS) is 18.4. The molecule has 1 aliphatic rings. The summed E-state index contributed by atoms with van der Waals surface area (Å²) in [6.45, 7) is 5.74. The van der Waals surface area contributed by atoms with Gasteiger partial charge in [-0.25, -0.2) is 27.8 Å². The summed E-state index contributed by atoms with van der Waals surface area (Å²) in [5.41, 5.74) is 3.31. The Hall–Kier alpha value is -3.01. The van der Waals surface area contributed by atoms with Crippen molar-refractivity contribution >= 4 is 38.5 Å². The van der Waals surface area contributed by atoms with Crippen LogP contribution in [-0.2, 0) is 10.0 Å². The molecular weight excluding hydrogens is 496 g/mol. The maximum Gasteiger partial charge on any atom is 0.240 e. The van der Waals surface area contributed by atoms with Crippen molar-refractivity contribution in [2.45, 2.75) is 63.4 Å². The highest BCUT2D eigenvalue weighted by Crippen LogP contribution is 2.31. The topological polar surface area (TPSA) is 102 Å². The second-order valence-corrected chi connectivity index (χ2v) is 11.5. The zero-order valence-corrected chi connectivity index (χ0v) is 22.1. The van der Waals surface area contributed by atoms with Gasteiger partial charge in [-0.3, -0.25) is 0 Å². The number of halogens is 1. The number of benzene rings is 2. The zero-order valence-electron chi connectivity index (χ0n) is 20.5. The summed E-state index contributed by atoms with van der Waals surface area (Å²) in [7, 11) is -3.53. The number of rotatable bonds is 6. The van der Waals surface area contributed by atoms with Gasteiger partial charge in [0.15, 0.2) is 5.65 Å². The molecule has 5 rings (SSSR count). The Balaban J connectivity index is 1.32. The summed E-state index contributed by atoms with van der Waals surface area (Å²) in [5, 5.41) is 9.77. The molecule has 0 aliphatic heterocycles. The molecule has 2 aromatic heterocycles. The number of sulfonamides is 1. The van der Waals surface area contributed by atoms with Crippen LogP contribution in [0.3, 0.4) is 0 Å². The second kappa shape index (κ2) is 9.80. The Morgan fingerprint density at radius 3 is 2.28 bits per heavy atom. The lowest BCUT2D eigenvalue weighted by molar-refractivity contribution is 0.387. The van der Waals surface area contributed by atoms with E-state index in [2.05, 4.69) is 15.0 Å². The number of nitrogens with zero attached hydrogens (tertiary/aromatic N) is 4. The standard InChI is InChI=1S/C26H29ClN6O2S/c1-16-8-14-21(15-9-16)36(34,35)32-20-12-10-19(11-13-20)30-25-24-17(2)31-33(26(24)29-18(3)28-25)23-7-5-4-6-22(23)27/h4-9,14-15,19-20,32H,10-13H2,1-3H3,(H,28,29,30). The Morgan fingerprint density at radius 1 is 0.917 bits per heavy atom. The summed E-state index contributed by atoms with van der Waals surface area (Å²) >= 11 is 6.44. The fourth-order valence-corrected chi connectivity index (χ4v) is 6.26. The van der Waals surface area contributed by atoms with Crippen LogP contribution < -0.4 is 10.0 Å². The quantitative estimate of drug-likeness (QED) is 0.364. The number of hydrogen-bond acceptors (Lipinski definition) is 6. The molecule has 4 aromatic rings. The van der Waals surface area contributed by atoms with E-state index in [-0.39, 0.29) is 12.1 Å². The van der Waals surface area contributed by atoms with E-state index in [0.29, 0.717) is 21.4 Å². The summed E-state index contributed by atoms with van der Waals surface area (Å²) < 4.78 is 30.2. The van der Waals surface area contributed by atoms with Gasteiger partial charge in [0.2, 0.25) is 10.0 Å². The van der Waals surface area contributed by atoms with Crippen LogP contribution in [0.4, 0.5) is 5.82 Å². The molecule has 36 heavy (non-hydrogen) atoms. The molecule has 2 N–H and O–H groups in total. The molecule has 10 heteroatoms. The Morgan fingerprint density at radius 2 is 1.58 bits per heavy atom. The Bertz CT molecular complexity index is 1510. The van der Waals surface area contributed by atoms with Crippen molar-refractivity contribution in [3.05, 3.63) is 70.6 Å². The Kier molecular flexibility index (Phi) is 6.72. The van der Waals surface area contributed by atoms with Crippen molar-refractivity contribution in [3.63, 3.8) is 0 Å². The molecule has 1 saturated carbocycles. The van der Waals surface area contributed by atoms with E-state index in [9.17, 15) is 8.42 Å². The first-order valence-electron chi connectivity index (χ1n) is 12.1. The van der Waals surface area contributed by atoms with Crippen molar-refractivity contribution in [2.75, 3.05) is 5.32 Å². The fraction of sp³-hybridized carbons (Fsp3) is 0.346. The maximum atomic E-state index is 12.8. The minimum atomic E-state index is -3.53. The molecule has 0 saturated heterocycles. The second-order valence-electron chi connectivity index (χ2n) is 9.39. The molecule has 8 nitrogen and oxygen atoms in total. The van der Waals surface area contributed by atoms with Crippen molar-refractivity contribution in [1.82, 2.24) is 24.5 Å². The summed E-state index contributed by atoms with van der Waals surface area (Å²) in [4.78, 5) is 9.66. The van der Waals surface area contributed by atoms with Crippen molar-refractivity contribution in [1.29, 1.82) is 0 Å². The number of hydrogen-bond donors (Lipinski definition) is 2. The average Bonchev–Trinajstić information content (AvgIpc) is 3.16. The number of nitrogens with one attached hydrogen (secondary N) is 2. The minimum Gasteiger partial charge on any atom is -0.367 e. The average molecular weight is 525 g/mol. The van der Waals surface area contributed by atoms with E-state index >= 15 is 0 Å². The van der Waals surface area contributed by atoms with Crippen molar-refractivity contribution in [3.8, 4) is 5.69 Å². The predicted octanol–water partition coefficient (Wildman–Crippen LogP) is 5.10. The molecule has 1 fully saturated rings. The first kappa shape index (κ1) is 24.7. The van der Waals surface area contributed by atoms with Crippen LogP contribution >= 0.6 is 11.6 Å². The molecule has 0 radical (unpaired) electrons. The van der Waals surface area contributed by atoms with Crippen LogP contribution in [0.2, 0.25) is 5.02 Å². The van der Waals surface area contributed by atoms with E-state index < -0.39 is 10.0 Å². The van der Waals surface area contributed by atoms with E-state index in [4.69, 9.17) is 21.7 Å². The lowest BCUT2D eigenvalue weighted by Gasteiger charge is -2.30. The number of aryl methyl sites for hydroxylation is 3. The van der Waals surface area contributed by atoms with Crippen molar-refractivity contribution < 1.29 is 8.42 Å². The summed E-state index contributed by atoms with van der Waals surface area (Å²) in [6.07, 6.45) is 3.13. The molecule has 0 atom stereocenters. The first-order valence-corrected chi connectivity index (χ1v) is 13.9. The molecule has 2 heterocycles. The largest absolute Gasteiger partial charge is 0.367 e. The molecule has 188 valence electrons. The third kappa shape index (κ3) is 4.96. The monoisotopic (exact) mass is 524 g/mol. The maximum absolute atomic E-state index is 12.8. The van der Waals surface area contributed by atoms with Gasteiger partial charge in [0.25, 0.3) is 0 Å². The first-order chi connectivity index (χ1) is 17.2. The van der Waals surface area contributed by atoms with Gasteiger partial charge >= 0.3 is 0 Å². The molecule has 2 aromatic carbocycles. The van der Waals surface area contributed by atoms with Crippen molar-refractivity contribution in [2.24, 2.45) is 0 Å². The van der Waals surface area contributed by atoms with Crippen LogP contribution in [0.25, 0.3) is 16.7 Å². The number of para-hydroxylation sites is 1. The third-order valence-electron chi connectivity index (χ3n) is 6.62. The van der Waals surface area contributed by atoms with Crippen LogP contribution in [-0.4, -0.2) is 40.2 Å². The van der Waals surface area contributed by atoms with Gasteiger partial charge < -0.3 is 5.32 Å². The van der Waals surface area contributed by atoms with Crippen LogP contribution in [0.1, 0.15) is 42.8 Å². The van der Waals surface area contributed by atoms with Gasteiger partial charge in [0.05, 0.1) is 26.7 Å². The highest BCUT2D eigenvalue weighted by molar-refractivity contribution is 7.89. The van der Waals surface area contributed by atoms with Crippen LogP contribution in [0.15, 0.2) is 53.4 Å². The van der Waals surface area contributed by atoms with Gasteiger partial charge in [0, 0.05) is 12.1 Å². The van der Waals surface area contributed by atoms with Crippen LogP contribution in [0, 0.1) is 20.8 Å². The zero-order chi connectivity index (χ0) is 25.4. The van der Waals surface area contributed by atoms with E-state index in [1.54, 1.807) is 16.8 Å². The third-order valence-corrected chi connectivity index (χ3v) is 8.47. The summed E-state index contributed by atoms with van der Waals surface area (Å²) in [6, 6.07) is 14.6. The highest BCUT2D eigenvalue weighted by Gasteiger charge is 2.27. The minimum absolute atomic E-state index is 0.0915. The Labute approximate surface area is 216 Å². The lowest BCUT2D eigenvalue weighted by Crippen LogP contribution is -2.40. The van der Waals surface area contributed by atoms with Gasteiger partial charge in [-0.1, -0.05) is 41.4 Å². The number of anilines is 1. The molecule has 1 aliphatic carbocycles. The van der Waals surface area contributed by atoms with Gasteiger partial charge in [-0.2, -0.15) is 5.10 Å². The predicted molar refractivity (Wildman–Crippen MR) is 142 cm³/mol. The van der Waals surface area contributed by atoms with Crippen LogP contribution in [0.5, 0.6) is 0 Å². The van der Waals surface area contributed by atoms with E-state index in [1.165, 1.54) is 0 Å². The molecule has 0 unspecified atom stereocenters. The van der Waals surface area contributed by atoms with Gasteiger partial charge in [-0.15, -0.1) is 0 Å². The molecule has 0 bridgehead atoms. The smallest absolute Gasteiger partial charge is 0.240 e. The van der Waals surface area contributed by atoms with E-state index in [1.807, 2.05) is 57.2 Å². The number of fused-ring (bicyclic) bond motifs is 1. The molecule has 0 spiro atoms. The number of aromatic nitrogens is 4.